The Morgan fingerprint density at radius 3 is 1.46 bits per heavy atom. The predicted octanol–water partition coefficient (Wildman–Crippen LogP) is 6.87. The molecule has 4 N–H and O–H groups in total. The minimum absolute atomic E-state index is 0.0180. The fourth-order valence-corrected chi connectivity index (χ4v) is 4.77. The SMILES string of the molecule is CC(C)(C)c1cc(CNCCN(CCO)Cc2cc(C(C)(C)C)cc(C(C)(C)C)c2O)c(O)c(C(C)(C)C)c1. The normalized spacial score (nSPS) is 13.4. The molecular formula is C34H56N2O3. The number of phenols is 2. The Kier molecular flexibility index (Phi) is 10.4. The fourth-order valence-electron chi connectivity index (χ4n) is 4.77. The first-order valence-corrected chi connectivity index (χ1v) is 14.4. The maximum atomic E-state index is 11.2. The molecule has 0 aliphatic rings. The third kappa shape index (κ3) is 8.96. The highest BCUT2D eigenvalue weighted by atomic mass is 16.3. The van der Waals surface area contributed by atoms with Gasteiger partial charge in [0.1, 0.15) is 11.5 Å². The van der Waals surface area contributed by atoms with Crippen LogP contribution in [-0.2, 0) is 34.7 Å². The van der Waals surface area contributed by atoms with Crippen LogP contribution in [0.2, 0.25) is 0 Å². The predicted molar refractivity (Wildman–Crippen MR) is 165 cm³/mol. The molecule has 0 saturated heterocycles. The summed E-state index contributed by atoms with van der Waals surface area (Å²) in [5, 5.41) is 35.6. The van der Waals surface area contributed by atoms with Crippen molar-refractivity contribution in [2.45, 2.75) is 118 Å². The Labute approximate surface area is 238 Å². The first kappa shape index (κ1) is 33.1. The van der Waals surface area contributed by atoms with Crippen molar-refractivity contribution in [3.8, 4) is 11.5 Å². The molecule has 0 aromatic heterocycles. The van der Waals surface area contributed by atoms with Crippen LogP contribution in [0.5, 0.6) is 11.5 Å². The van der Waals surface area contributed by atoms with E-state index in [0.29, 0.717) is 44.2 Å². The molecule has 39 heavy (non-hydrogen) atoms. The number of rotatable bonds is 9. The molecule has 0 saturated carbocycles. The summed E-state index contributed by atoms with van der Waals surface area (Å²) in [6, 6.07) is 8.52. The van der Waals surface area contributed by atoms with Crippen molar-refractivity contribution in [3.63, 3.8) is 0 Å². The van der Waals surface area contributed by atoms with Crippen LogP contribution in [0.4, 0.5) is 0 Å². The third-order valence-electron chi connectivity index (χ3n) is 7.46. The number of nitrogens with zero attached hydrogens (tertiary/aromatic N) is 1. The van der Waals surface area contributed by atoms with E-state index in [-0.39, 0.29) is 28.3 Å². The highest BCUT2D eigenvalue weighted by Crippen LogP contribution is 2.39. The lowest BCUT2D eigenvalue weighted by atomic mass is 9.79. The lowest BCUT2D eigenvalue weighted by Gasteiger charge is -2.29. The first-order valence-electron chi connectivity index (χ1n) is 14.4. The lowest BCUT2D eigenvalue weighted by Crippen LogP contribution is -2.34. The largest absolute Gasteiger partial charge is 0.507 e. The maximum absolute atomic E-state index is 11.2. The molecule has 2 aromatic carbocycles. The van der Waals surface area contributed by atoms with Gasteiger partial charge >= 0.3 is 0 Å². The van der Waals surface area contributed by atoms with E-state index in [9.17, 15) is 15.3 Å². The maximum Gasteiger partial charge on any atom is 0.123 e. The van der Waals surface area contributed by atoms with Crippen molar-refractivity contribution in [1.82, 2.24) is 10.2 Å². The van der Waals surface area contributed by atoms with Gasteiger partial charge < -0.3 is 20.6 Å². The van der Waals surface area contributed by atoms with Gasteiger partial charge in [-0.15, -0.1) is 0 Å². The van der Waals surface area contributed by atoms with E-state index in [0.717, 1.165) is 22.3 Å². The molecule has 0 spiro atoms. The zero-order valence-corrected chi connectivity index (χ0v) is 26.8. The highest BCUT2D eigenvalue weighted by molar-refractivity contribution is 5.49. The zero-order valence-electron chi connectivity index (χ0n) is 26.8. The summed E-state index contributed by atoms with van der Waals surface area (Å²) < 4.78 is 0. The minimum Gasteiger partial charge on any atom is -0.507 e. The Morgan fingerprint density at radius 2 is 1.05 bits per heavy atom. The molecule has 2 rings (SSSR count). The average Bonchev–Trinajstić information content (AvgIpc) is 2.75. The van der Waals surface area contributed by atoms with Gasteiger partial charge in [0.2, 0.25) is 0 Å². The average molecular weight is 541 g/mol. The van der Waals surface area contributed by atoms with Gasteiger partial charge in [-0.1, -0.05) is 107 Å². The lowest BCUT2D eigenvalue weighted by molar-refractivity contribution is 0.189. The number of benzene rings is 2. The van der Waals surface area contributed by atoms with Crippen molar-refractivity contribution in [2.24, 2.45) is 0 Å². The van der Waals surface area contributed by atoms with Crippen molar-refractivity contribution in [2.75, 3.05) is 26.2 Å². The molecule has 0 heterocycles. The van der Waals surface area contributed by atoms with Crippen LogP contribution in [0.25, 0.3) is 0 Å². The van der Waals surface area contributed by atoms with Crippen LogP contribution in [-0.4, -0.2) is 46.5 Å². The van der Waals surface area contributed by atoms with E-state index in [1.54, 1.807) is 0 Å². The van der Waals surface area contributed by atoms with Gasteiger partial charge in [0.15, 0.2) is 0 Å². The number of aliphatic hydroxyl groups is 1. The van der Waals surface area contributed by atoms with Crippen molar-refractivity contribution in [1.29, 1.82) is 0 Å². The number of aromatic hydroxyl groups is 2. The number of phenolic OH excluding ortho intramolecular Hbond substituents is 2. The molecule has 2 aromatic rings. The molecule has 0 atom stereocenters. The Bertz CT molecular complexity index is 1110. The second-order valence-corrected chi connectivity index (χ2v) is 15.2. The summed E-state index contributed by atoms with van der Waals surface area (Å²) in [6.45, 7) is 29.0. The first-order chi connectivity index (χ1) is 17.7. The molecule has 0 aliphatic carbocycles. The summed E-state index contributed by atoms with van der Waals surface area (Å²) >= 11 is 0. The van der Waals surface area contributed by atoms with Crippen LogP contribution in [0.1, 0.15) is 116 Å². The van der Waals surface area contributed by atoms with E-state index in [1.807, 2.05) is 0 Å². The third-order valence-corrected chi connectivity index (χ3v) is 7.46. The Hall–Kier alpha value is -2.08. The number of hydrogen-bond donors (Lipinski definition) is 4. The molecule has 0 aliphatic heterocycles. The molecule has 0 amide bonds. The molecule has 0 fully saturated rings. The van der Waals surface area contributed by atoms with E-state index >= 15 is 0 Å². The Balaban J connectivity index is 2.24. The number of nitrogens with one attached hydrogen (secondary N) is 1. The van der Waals surface area contributed by atoms with Crippen molar-refractivity contribution >= 4 is 0 Å². The van der Waals surface area contributed by atoms with Gasteiger partial charge in [-0.2, -0.15) is 0 Å². The summed E-state index contributed by atoms with van der Waals surface area (Å²) in [5.41, 5.74) is 5.74. The van der Waals surface area contributed by atoms with Crippen LogP contribution in [0.15, 0.2) is 24.3 Å². The number of aliphatic hydroxyl groups excluding tert-OH is 1. The van der Waals surface area contributed by atoms with E-state index in [2.05, 4.69) is 118 Å². The second kappa shape index (κ2) is 12.2. The monoisotopic (exact) mass is 540 g/mol. The van der Waals surface area contributed by atoms with E-state index in [4.69, 9.17) is 0 Å². The summed E-state index contributed by atoms with van der Waals surface area (Å²) in [6.07, 6.45) is 0. The Morgan fingerprint density at radius 1 is 0.615 bits per heavy atom. The highest BCUT2D eigenvalue weighted by Gasteiger charge is 2.27. The number of hydrogen-bond acceptors (Lipinski definition) is 5. The van der Waals surface area contributed by atoms with Gasteiger partial charge in [0.05, 0.1) is 6.61 Å². The van der Waals surface area contributed by atoms with Crippen molar-refractivity contribution < 1.29 is 15.3 Å². The molecule has 0 unspecified atom stereocenters. The van der Waals surface area contributed by atoms with Crippen LogP contribution >= 0.6 is 0 Å². The quantitative estimate of drug-likeness (QED) is 0.261. The topological polar surface area (TPSA) is 76.0 Å². The molecule has 0 bridgehead atoms. The minimum atomic E-state index is -0.182. The van der Waals surface area contributed by atoms with E-state index < -0.39 is 0 Å². The van der Waals surface area contributed by atoms with Gasteiger partial charge in [0.25, 0.3) is 0 Å². The molecular weight excluding hydrogens is 484 g/mol. The molecule has 5 heteroatoms. The smallest absolute Gasteiger partial charge is 0.123 e. The van der Waals surface area contributed by atoms with Gasteiger partial charge in [-0.3, -0.25) is 4.90 Å². The van der Waals surface area contributed by atoms with Gasteiger partial charge in [-0.05, 0) is 43.9 Å². The zero-order chi connectivity index (χ0) is 30.0. The standard InChI is InChI=1S/C34H56N2O3/c1-31(2,3)25-17-23(29(38)27(19-25)33(7,8)9)21-35-13-14-36(15-16-37)22-24-18-26(32(4,5)6)20-28(30(24)39)34(10,11)12/h17-20,35,37-39H,13-16,21-22H2,1-12H3. The summed E-state index contributed by atoms with van der Waals surface area (Å²) in [7, 11) is 0. The molecule has 220 valence electrons. The second-order valence-electron chi connectivity index (χ2n) is 15.2. The van der Waals surface area contributed by atoms with Crippen LogP contribution < -0.4 is 5.32 Å². The van der Waals surface area contributed by atoms with Crippen LogP contribution in [0.3, 0.4) is 0 Å². The summed E-state index contributed by atoms with van der Waals surface area (Å²) in [4.78, 5) is 2.17. The van der Waals surface area contributed by atoms with Crippen LogP contribution in [0, 0.1) is 0 Å². The van der Waals surface area contributed by atoms with E-state index in [1.165, 1.54) is 11.1 Å². The summed E-state index contributed by atoms with van der Waals surface area (Å²) in [5.74, 6) is 0.721. The van der Waals surface area contributed by atoms with Crippen molar-refractivity contribution in [3.05, 3.63) is 57.6 Å². The fraction of sp³-hybridized carbons (Fsp3) is 0.647. The van der Waals surface area contributed by atoms with Gasteiger partial charge in [0, 0.05) is 43.9 Å². The molecule has 0 radical (unpaired) electrons. The molecule has 5 nitrogen and oxygen atoms in total. The van der Waals surface area contributed by atoms with Gasteiger partial charge in [-0.25, -0.2) is 0 Å².